The molecule has 0 radical (unpaired) electrons. The van der Waals surface area contributed by atoms with Crippen LogP contribution in [0.1, 0.15) is 34.6 Å². The average molecular weight is 258 g/mol. The Balaban J connectivity index is 4.26. The summed E-state index contributed by atoms with van der Waals surface area (Å²) >= 11 is 0. The van der Waals surface area contributed by atoms with Crippen LogP contribution >= 0.6 is 0 Å². The molecule has 0 amide bonds. The zero-order valence-corrected chi connectivity index (χ0v) is 11.7. The van der Waals surface area contributed by atoms with Crippen molar-refractivity contribution in [3.05, 3.63) is 25.0 Å². The highest BCUT2D eigenvalue weighted by atomic mass is 16.8. The number of carbonyl (C=O) groups excluding carboxylic acids is 1. The number of carbonyl (C=O) groups is 1. The highest BCUT2D eigenvalue weighted by Crippen LogP contribution is 2.18. The molecule has 0 aliphatic rings. The van der Waals surface area contributed by atoms with Gasteiger partial charge in [-0.05, 0) is 34.6 Å². The lowest BCUT2D eigenvalue weighted by molar-refractivity contribution is -0.319. The Kier molecular flexibility index (Phi) is 6.65. The summed E-state index contributed by atoms with van der Waals surface area (Å²) in [6.45, 7) is 15.2. The standard InChI is InChI=1S/C13H22O5/c1-8-15-10(4)17-13(6,7)18-11(5)16-12(14)9(2)3/h8,10-11H,1-2H2,3-7H3. The van der Waals surface area contributed by atoms with Crippen molar-refractivity contribution in [2.24, 2.45) is 0 Å². The van der Waals surface area contributed by atoms with Crippen molar-refractivity contribution in [1.82, 2.24) is 0 Å². The molecule has 5 nitrogen and oxygen atoms in total. The molecule has 0 aliphatic heterocycles. The second kappa shape index (κ2) is 7.18. The zero-order valence-electron chi connectivity index (χ0n) is 11.7. The largest absolute Gasteiger partial charge is 0.473 e. The van der Waals surface area contributed by atoms with Gasteiger partial charge < -0.3 is 18.9 Å². The molecule has 0 spiro atoms. The summed E-state index contributed by atoms with van der Waals surface area (Å²) < 4.78 is 20.9. The van der Waals surface area contributed by atoms with Crippen molar-refractivity contribution < 1.29 is 23.7 Å². The Morgan fingerprint density at radius 2 is 1.72 bits per heavy atom. The normalized spacial score (nSPS) is 14.5. The van der Waals surface area contributed by atoms with E-state index >= 15 is 0 Å². The Labute approximate surface area is 108 Å². The SMILES string of the molecule is C=COC(C)OC(C)(C)OC(C)OC(=O)C(=C)C. The Bertz CT molecular complexity index is 309. The second-order valence-electron chi connectivity index (χ2n) is 4.26. The van der Waals surface area contributed by atoms with Gasteiger partial charge in [0, 0.05) is 5.57 Å². The van der Waals surface area contributed by atoms with E-state index in [2.05, 4.69) is 13.2 Å². The van der Waals surface area contributed by atoms with Crippen LogP contribution in [-0.2, 0) is 23.7 Å². The molecule has 0 N–H and O–H groups in total. The van der Waals surface area contributed by atoms with Gasteiger partial charge in [-0.2, -0.15) is 0 Å². The summed E-state index contributed by atoms with van der Waals surface area (Å²) in [6.07, 6.45) is 0.0207. The number of rotatable bonds is 8. The van der Waals surface area contributed by atoms with Crippen LogP contribution in [0.3, 0.4) is 0 Å². The maximum absolute atomic E-state index is 11.3. The molecule has 0 aromatic heterocycles. The molecule has 18 heavy (non-hydrogen) atoms. The molecule has 0 heterocycles. The van der Waals surface area contributed by atoms with E-state index in [1.165, 1.54) is 6.26 Å². The monoisotopic (exact) mass is 258 g/mol. The highest BCUT2D eigenvalue weighted by Gasteiger charge is 2.27. The van der Waals surface area contributed by atoms with E-state index < -0.39 is 24.3 Å². The molecule has 0 saturated carbocycles. The van der Waals surface area contributed by atoms with Gasteiger partial charge in [0.15, 0.2) is 12.1 Å². The first kappa shape index (κ1) is 16.7. The maximum atomic E-state index is 11.3. The van der Waals surface area contributed by atoms with Crippen LogP contribution in [0.15, 0.2) is 25.0 Å². The van der Waals surface area contributed by atoms with E-state index in [1.807, 2.05) is 0 Å². The summed E-state index contributed by atoms with van der Waals surface area (Å²) in [4.78, 5) is 11.3. The van der Waals surface area contributed by atoms with Crippen LogP contribution in [0.5, 0.6) is 0 Å². The number of hydrogen-bond donors (Lipinski definition) is 0. The highest BCUT2D eigenvalue weighted by molar-refractivity contribution is 5.86. The molecule has 0 aliphatic carbocycles. The first-order valence-electron chi connectivity index (χ1n) is 5.66. The van der Waals surface area contributed by atoms with Gasteiger partial charge in [-0.3, -0.25) is 0 Å². The van der Waals surface area contributed by atoms with E-state index in [-0.39, 0.29) is 0 Å². The van der Waals surface area contributed by atoms with Gasteiger partial charge >= 0.3 is 5.97 Å². The van der Waals surface area contributed by atoms with Crippen molar-refractivity contribution in [3.8, 4) is 0 Å². The van der Waals surface area contributed by atoms with Crippen molar-refractivity contribution in [2.75, 3.05) is 0 Å². The summed E-state index contributed by atoms with van der Waals surface area (Å²) in [5.74, 6) is -1.47. The lowest BCUT2D eigenvalue weighted by Crippen LogP contribution is -2.37. The number of ether oxygens (including phenoxy) is 4. The molecule has 0 aromatic rings. The third kappa shape index (κ3) is 7.09. The molecule has 0 saturated heterocycles. The molecule has 5 heteroatoms. The average Bonchev–Trinajstić information content (AvgIpc) is 2.14. The topological polar surface area (TPSA) is 54.0 Å². The fraction of sp³-hybridized carbons (Fsp3) is 0.615. The van der Waals surface area contributed by atoms with Crippen molar-refractivity contribution in [2.45, 2.75) is 53.0 Å². The molecule has 104 valence electrons. The maximum Gasteiger partial charge on any atom is 0.335 e. The lowest BCUT2D eigenvalue weighted by atomic mass is 10.3. The summed E-state index contributed by atoms with van der Waals surface area (Å²) in [5, 5.41) is 0. The van der Waals surface area contributed by atoms with Gasteiger partial charge in [0.2, 0.25) is 6.29 Å². The molecule has 2 unspecified atom stereocenters. The molecule has 0 aromatic carbocycles. The quantitative estimate of drug-likeness (QED) is 0.290. The van der Waals surface area contributed by atoms with Crippen LogP contribution in [0, 0.1) is 0 Å². The van der Waals surface area contributed by atoms with E-state index in [0.29, 0.717) is 5.57 Å². The zero-order chi connectivity index (χ0) is 14.3. The third-order valence-corrected chi connectivity index (χ3v) is 1.81. The lowest BCUT2D eigenvalue weighted by Gasteiger charge is -2.31. The Morgan fingerprint density at radius 1 is 1.22 bits per heavy atom. The van der Waals surface area contributed by atoms with Gasteiger partial charge in [0.05, 0.1) is 6.26 Å². The molecule has 0 rings (SSSR count). The first-order chi connectivity index (χ1) is 8.18. The first-order valence-corrected chi connectivity index (χ1v) is 5.66. The Morgan fingerprint density at radius 3 is 2.17 bits per heavy atom. The van der Waals surface area contributed by atoms with Gasteiger partial charge in [-0.15, -0.1) is 0 Å². The fourth-order valence-electron chi connectivity index (χ4n) is 1.27. The molecular weight excluding hydrogens is 236 g/mol. The van der Waals surface area contributed by atoms with Gasteiger partial charge in [-0.1, -0.05) is 13.2 Å². The predicted molar refractivity (Wildman–Crippen MR) is 67.4 cm³/mol. The minimum absolute atomic E-state index is 0.313. The second-order valence-corrected chi connectivity index (χ2v) is 4.26. The van der Waals surface area contributed by atoms with Crippen LogP contribution in [0.2, 0.25) is 0 Å². The third-order valence-electron chi connectivity index (χ3n) is 1.81. The number of hydrogen-bond acceptors (Lipinski definition) is 5. The van der Waals surface area contributed by atoms with Crippen LogP contribution < -0.4 is 0 Å². The van der Waals surface area contributed by atoms with Gasteiger partial charge in [0.1, 0.15) is 0 Å². The van der Waals surface area contributed by atoms with E-state index in [9.17, 15) is 4.79 Å². The minimum Gasteiger partial charge on any atom is -0.473 e. The van der Waals surface area contributed by atoms with Crippen LogP contribution in [-0.4, -0.2) is 24.3 Å². The van der Waals surface area contributed by atoms with Crippen LogP contribution in [0.25, 0.3) is 0 Å². The van der Waals surface area contributed by atoms with Crippen molar-refractivity contribution >= 4 is 5.97 Å². The fourth-order valence-corrected chi connectivity index (χ4v) is 1.27. The minimum atomic E-state index is -0.961. The van der Waals surface area contributed by atoms with E-state index in [4.69, 9.17) is 18.9 Å². The molecular formula is C13H22O5. The van der Waals surface area contributed by atoms with E-state index in [0.717, 1.165) is 0 Å². The smallest absolute Gasteiger partial charge is 0.335 e. The van der Waals surface area contributed by atoms with Gasteiger partial charge in [-0.25, -0.2) is 4.79 Å². The van der Waals surface area contributed by atoms with E-state index in [1.54, 1.807) is 34.6 Å². The van der Waals surface area contributed by atoms with Gasteiger partial charge in [0.25, 0.3) is 0 Å². The van der Waals surface area contributed by atoms with Crippen LogP contribution in [0.4, 0.5) is 0 Å². The molecule has 0 fully saturated rings. The van der Waals surface area contributed by atoms with Crippen molar-refractivity contribution in [3.63, 3.8) is 0 Å². The Hall–Kier alpha value is -1.33. The summed E-state index contributed by atoms with van der Waals surface area (Å²) in [7, 11) is 0. The van der Waals surface area contributed by atoms with Crippen molar-refractivity contribution in [1.29, 1.82) is 0 Å². The summed E-state index contributed by atoms with van der Waals surface area (Å²) in [5.41, 5.74) is 0.313. The summed E-state index contributed by atoms with van der Waals surface area (Å²) in [6, 6.07) is 0. The molecule has 0 bridgehead atoms. The molecule has 2 atom stereocenters. The predicted octanol–water partition coefficient (Wildman–Crippen LogP) is 2.73. The number of esters is 1.